The van der Waals surface area contributed by atoms with Gasteiger partial charge in [-0.25, -0.2) is 4.79 Å². The number of carbonyl (C=O) groups is 3. The summed E-state index contributed by atoms with van der Waals surface area (Å²) in [6, 6.07) is 0. The van der Waals surface area contributed by atoms with Crippen LogP contribution in [0.25, 0.3) is 0 Å². The van der Waals surface area contributed by atoms with Crippen molar-refractivity contribution < 1.29 is 42.9 Å². The predicted octanol–water partition coefficient (Wildman–Crippen LogP) is 20.5. The van der Waals surface area contributed by atoms with Crippen LogP contribution in [0.5, 0.6) is 0 Å². The lowest BCUT2D eigenvalue weighted by molar-refractivity contribution is -0.870. The van der Waals surface area contributed by atoms with Gasteiger partial charge in [0, 0.05) is 12.8 Å². The molecule has 0 aliphatic rings. The predicted molar refractivity (Wildman–Crippen MR) is 328 cm³/mol. The van der Waals surface area contributed by atoms with E-state index in [2.05, 4.69) is 26.0 Å². The van der Waals surface area contributed by atoms with Crippen molar-refractivity contribution in [3.8, 4) is 0 Å². The Hall–Kier alpha value is -1.97. The second kappa shape index (κ2) is 60.1. The second-order valence-corrected chi connectivity index (χ2v) is 24.5. The number of hydrogen-bond donors (Lipinski definition) is 1. The Morgan fingerprint density at radius 3 is 0.961 bits per heavy atom. The summed E-state index contributed by atoms with van der Waals surface area (Å²) in [5, 5.41) is 9.72. The molecular formula is C68H132NO8+. The minimum Gasteiger partial charge on any atom is -0.477 e. The number of esters is 2. The highest BCUT2D eigenvalue weighted by Crippen LogP contribution is 2.19. The molecule has 0 aromatic rings. The van der Waals surface area contributed by atoms with Crippen LogP contribution in [0.2, 0.25) is 0 Å². The second-order valence-electron chi connectivity index (χ2n) is 24.5. The molecule has 0 saturated heterocycles. The first kappa shape index (κ1) is 75.0. The lowest BCUT2D eigenvalue weighted by atomic mass is 10.0. The Balaban J connectivity index is 3.97. The van der Waals surface area contributed by atoms with Crippen LogP contribution in [0, 0.1) is 0 Å². The summed E-state index contributed by atoms with van der Waals surface area (Å²) >= 11 is 0. The van der Waals surface area contributed by atoms with Crippen LogP contribution in [0.15, 0.2) is 12.2 Å². The molecule has 0 rings (SSSR count). The molecular weight excluding hydrogens is 959 g/mol. The van der Waals surface area contributed by atoms with Gasteiger partial charge in [-0.3, -0.25) is 9.59 Å². The standard InChI is InChI=1S/C68H131NO8/c1-6-8-10-12-14-16-18-20-22-24-25-26-27-28-29-30-31-32-33-34-35-36-37-38-39-40-41-43-44-46-48-50-52-54-56-58-65(70)75-62-64(63-76-68(67(72)73)74-61-60-69(3,4)5)77-66(71)59-57-55-53-51-49-47-45-42-23-21-19-17-15-13-11-9-7-2/h21,23,64,68H,6-20,22,24-63H2,1-5H3/p+1/b23-21-. The fraction of sp³-hybridized carbons (Fsp3) is 0.926. The van der Waals surface area contributed by atoms with E-state index >= 15 is 0 Å². The number of nitrogens with zero attached hydrogens (tertiary/aromatic N) is 1. The maximum Gasteiger partial charge on any atom is 0.361 e. The van der Waals surface area contributed by atoms with Crippen molar-refractivity contribution in [3.63, 3.8) is 0 Å². The summed E-state index contributed by atoms with van der Waals surface area (Å²) < 4.78 is 22.9. The van der Waals surface area contributed by atoms with Crippen LogP contribution in [0.4, 0.5) is 0 Å². The van der Waals surface area contributed by atoms with Gasteiger partial charge < -0.3 is 28.5 Å². The first-order valence-electron chi connectivity index (χ1n) is 33.9. The number of hydrogen-bond acceptors (Lipinski definition) is 7. The van der Waals surface area contributed by atoms with E-state index < -0.39 is 24.3 Å². The fourth-order valence-electron chi connectivity index (χ4n) is 10.3. The molecule has 77 heavy (non-hydrogen) atoms. The molecule has 0 bridgehead atoms. The SMILES string of the molecule is CCCCCCCC/C=C\CCCCCCCCCC(=O)OC(COC(=O)CCCCCCCCCCCCCCCCCCCCCCCCCCCCCCCCCCCCC)COC(OCC[N+](C)(C)C)C(=O)O. The van der Waals surface area contributed by atoms with Gasteiger partial charge in [0.2, 0.25) is 0 Å². The van der Waals surface area contributed by atoms with Crippen molar-refractivity contribution >= 4 is 17.9 Å². The van der Waals surface area contributed by atoms with Gasteiger partial charge in [-0.1, -0.05) is 309 Å². The van der Waals surface area contributed by atoms with Gasteiger partial charge in [0.15, 0.2) is 6.10 Å². The zero-order valence-corrected chi connectivity index (χ0v) is 52.2. The van der Waals surface area contributed by atoms with E-state index in [0.717, 1.165) is 51.4 Å². The average Bonchev–Trinajstić information content (AvgIpc) is 3.40. The van der Waals surface area contributed by atoms with E-state index in [0.29, 0.717) is 17.4 Å². The van der Waals surface area contributed by atoms with Crippen LogP contribution >= 0.6 is 0 Å². The summed E-state index contributed by atoms with van der Waals surface area (Å²) in [6.45, 7) is 4.93. The molecule has 2 unspecified atom stereocenters. The molecule has 1 N–H and O–H groups in total. The van der Waals surface area contributed by atoms with Crippen molar-refractivity contribution in [1.29, 1.82) is 0 Å². The Labute approximate surface area is 478 Å². The monoisotopic (exact) mass is 1090 g/mol. The third-order valence-corrected chi connectivity index (χ3v) is 15.5. The van der Waals surface area contributed by atoms with E-state index in [-0.39, 0.29) is 32.2 Å². The number of ether oxygens (including phenoxy) is 4. The number of quaternary nitrogens is 1. The third kappa shape index (κ3) is 61.5. The minimum absolute atomic E-state index is 0.177. The molecule has 0 amide bonds. The van der Waals surface area contributed by atoms with E-state index in [1.165, 1.54) is 270 Å². The quantitative estimate of drug-likeness (QED) is 0.0211. The van der Waals surface area contributed by atoms with Crippen LogP contribution in [0.3, 0.4) is 0 Å². The number of carboxylic acids is 1. The van der Waals surface area contributed by atoms with Gasteiger partial charge in [0.05, 0.1) is 34.4 Å². The summed E-state index contributed by atoms with van der Waals surface area (Å²) in [5.41, 5.74) is 0. The first-order chi connectivity index (χ1) is 37.6. The Kier molecular flexibility index (Phi) is 58.6. The molecule has 2 atom stereocenters. The molecule has 456 valence electrons. The largest absolute Gasteiger partial charge is 0.477 e. The summed E-state index contributed by atoms with van der Waals surface area (Å²) in [4.78, 5) is 37.5. The van der Waals surface area contributed by atoms with Gasteiger partial charge in [-0.15, -0.1) is 0 Å². The van der Waals surface area contributed by atoms with E-state index in [4.69, 9.17) is 18.9 Å². The highest BCUT2D eigenvalue weighted by atomic mass is 16.7. The number of carbonyl (C=O) groups excluding carboxylic acids is 2. The van der Waals surface area contributed by atoms with Gasteiger partial charge in [0.25, 0.3) is 6.29 Å². The first-order valence-corrected chi connectivity index (χ1v) is 33.9. The lowest BCUT2D eigenvalue weighted by Crippen LogP contribution is -2.40. The molecule has 9 heteroatoms. The number of allylic oxidation sites excluding steroid dienone is 2. The topological polar surface area (TPSA) is 108 Å². The third-order valence-electron chi connectivity index (χ3n) is 15.5. The summed E-state index contributed by atoms with van der Waals surface area (Å²) in [5.74, 6) is -1.98. The van der Waals surface area contributed by atoms with Crippen molar-refractivity contribution in [2.75, 3.05) is 47.5 Å². The van der Waals surface area contributed by atoms with Gasteiger partial charge >= 0.3 is 17.9 Å². The van der Waals surface area contributed by atoms with Gasteiger partial charge in [-0.2, -0.15) is 0 Å². The van der Waals surface area contributed by atoms with Crippen molar-refractivity contribution in [1.82, 2.24) is 0 Å². The highest BCUT2D eigenvalue weighted by molar-refractivity contribution is 5.71. The Morgan fingerprint density at radius 2 is 0.662 bits per heavy atom. The zero-order chi connectivity index (χ0) is 56.2. The number of aliphatic carboxylic acids is 1. The highest BCUT2D eigenvalue weighted by Gasteiger charge is 2.25. The maximum absolute atomic E-state index is 12.9. The summed E-state index contributed by atoms with van der Waals surface area (Å²) in [7, 11) is 5.98. The van der Waals surface area contributed by atoms with Crippen LogP contribution in [-0.4, -0.2) is 87.4 Å². The molecule has 0 aliphatic carbocycles. The maximum atomic E-state index is 12.9. The number of rotatable bonds is 64. The number of carboxylic acid groups (broad SMARTS) is 1. The Morgan fingerprint density at radius 1 is 0.377 bits per heavy atom. The molecule has 0 aromatic heterocycles. The zero-order valence-electron chi connectivity index (χ0n) is 52.2. The van der Waals surface area contributed by atoms with E-state index in [1.807, 2.05) is 21.1 Å². The van der Waals surface area contributed by atoms with Crippen LogP contribution in [-0.2, 0) is 33.3 Å². The number of likely N-dealkylation sites (N-methyl/N-ethyl adjacent to an activating group) is 1. The van der Waals surface area contributed by atoms with E-state index in [1.54, 1.807) is 0 Å². The molecule has 0 aromatic carbocycles. The molecule has 0 spiro atoms. The lowest BCUT2D eigenvalue weighted by Gasteiger charge is -2.25. The minimum atomic E-state index is -1.51. The normalized spacial score (nSPS) is 12.7. The van der Waals surface area contributed by atoms with Crippen molar-refractivity contribution in [2.45, 2.75) is 360 Å². The molecule has 0 saturated carbocycles. The van der Waals surface area contributed by atoms with Crippen LogP contribution in [0.1, 0.15) is 348 Å². The van der Waals surface area contributed by atoms with E-state index in [9.17, 15) is 19.5 Å². The van der Waals surface area contributed by atoms with Crippen molar-refractivity contribution in [2.24, 2.45) is 0 Å². The smallest absolute Gasteiger partial charge is 0.361 e. The number of unbranched alkanes of at least 4 members (excludes halogenated alkanes) is 47. The van der Waals surface area contributed by atoms with Gasteiger partial charge in [0.1, 0.15) is 13.2 Å². The van der Waals surface area contributed by atoms with Gasteiger partial charge in [-0.05, 0) is 38.5 Å². The van der Waals surface area contributed by atoms with Crippen LogP contribution < -0.4 is 0 Å². The average molecular weight is 1090 g/mol. The molecule has 0 heterocycles. The van der Waals surface area contributed by atoms with Crippen molar-refractivity contribution in [3.05, 3.63) is 12.2 Å². The molecule has 9 nitrogen and oxygen atoms in total. The fourth-order valence-corrected chi connectivity index (χ4v) is 10.3. The molecule has 0 fully saturated rings. The summed E-state index contributed by atoms with van der Waals surface area (Å²) in [6.07, 6.45) is 69.1. The molecule has 0 radical (unpaired) electrons. The molecule has 0 aliphatic heterocycles. The Bertz CT molecular complexity index is 1270.